The van der Waals surface area contributed by atoms with E-state index in [1.165, 1.54) is 110 Å². The van der Waals surface area contributed by atoms with E-state index in [4.69, 9.17) is 16.2 Å². The number of anilines is 7. The molecule has 3 aliphatic rings. The highest BCUT2D eigenvalue weighted by molar-refractivity contribution is 6.03. The molecular weight excluding hydrogens is 1880 g/mol. The number of nitrogens with one attached hydrogen (secondary N) is 7. The largest absolute Gasteiger partial charge is 0.433 e. The highest BCUT2D eigenvalue weighted by atomic mass is 19.4. The molecule has 8 amide bonds. The number of carbonyl (C=O) groups is 8. The molecule has 20 nitrogen and oxygen atoms in total. The van der Waals surface area contributed by atoms with Crippen molar-refractivity contribution in [1.82, 2.24) is 9.97 Å². The molecule has 0 bridgehead atoms. The van der Waals surface area contributed by atoms with Gasteiger partial charge in [-0.1, -0.05) is 274 Å². The molecule has 790 valence electrons. The first kappa shape index (κ1) is 116. The van der Waals surface area contributed by atoms with Crippen LogP contribution in [0.1, 0.15) is 283 Å². The molecule has 1 fully saturated rings. The zero-order valence-electron chi connectivity index (χ0n) is 90.5. The average molecular weight is 2030 g/mol. The van der Waals surface area contributed by atoms with Gasteiger partial charge in [-0.05, 0) is 310 Å². The Morgan fingerprint density at radius 3 is 1.20 bits per heavy atom. The number of morpholine rings is 1. The topological polar surface area (TPSA) is 302 Å². The number of primary amides is 2. The SMILES string of the molecule is CC(C)(C)c1ccc(CCC(=O)Nc2ccc3c(c2)CCC3)cc1.CC(C)(C)c1ccc(CCC(=O)Nc2cccc(C(N)=O)c2)cc1.CC(C)(C)c1ccc(CCC(=O)Nc2cccc3c2CCCC3)cc1.CC(C)(C)c1ccc(CCC(=O)Nc2ccccc2C(N)=O)cc1.Cc1ccc(NC(=O)CCc2ccc(C(C)(C)C)cc2)cc1C.O=C(CCc1ccc(C(F)(F)F)nc1N1CCOCC1)Nc1ccc2[nH]ccc2c1. The third-order valence-electron chi connectivity index (χ3n) is 27.1. The summed E-state index contributed by atoms with van der Waals surface area (Å²) in [4.78, 5) is 105. The fraction of sp³-hybridized carbons (Fsp3) is 0.362. The van der Waals surface area contributed by atoms with Crippen LogP contribution in [0.25, 0.3) is 10.9 Å². The third-order valence-corrected chi connectivity index (χ3v) is 27.1. The minimum absolute atomic E-state index is 0.0631. The van der Waals surface area contributed by atoms with Gasteiger partial charge in [0.15, 0.2) is 0 Å². The Labute approximate surface area is 885 Å². The Kier molecular flexibility index (Phi) is 41.3. The van der Waals surface area contributed by atoms with Crippen molar-refractivity contribution in [2.75, 3.05) is 63.1 Å². The zero-order valence-corrected chi connectivity index (χ0v) is 90.5. The minimum Gasteiger partial charge on any atom is -0.378 e. The predicted octanol–water partition coefficient (Wildman–Crippen LogP) is 26.9. The van der Waals surface area contributed by atoms with E-state index in [1.54, 1.807) is 59.5 Å². The summed E-state index contributed by atoms with van der Waals surface area (Å²) in [6.07, 6.45) is 11.9. The van der Waals surface area contributed by atoms with Gasteiger partial charge in [0.2, 0.25) is 41.4 Å². The standard InChI is InChI=1S/C23H29NO.C22H27NO.C21H21F3N4O2.C21H27NO.2C20H24N2O2/c1-23(2,3)19-14-11-17(12-15-19)13-16-22(25)24-21-10-6-8-18-7-4-5-9-20(18)21;1-22(2,3)19-11-7-16(8-12-19)9-14-21(24)23-20-13-10-17-5-4-6-18(17)15-20;22-21(23,24)18-5-1-14(20(27-18)28-9-11-30-12-10-28)2-6-19(29)26-16-3-4-17-15(13-16)7-8-25-17;1-15-6-12-19(14-16(15)2)22-20(23)13-9-17-7-10-18(11-8-17)21(3,4)5;1-20(2,3)16-10-7-14(8-11-16)9-12-18(23)22-17-6-4-5-15(13-17)19(21)24;1-20(2,3)15-11-8-14(9-12-15)10-13-18(23)22-17-7-5-4-6-16(17)19(21)24/h6,8,10-12,14-15H,4-5,7,9,13,16H2,1-3H3,(H,24,25);7-8,10-13,15H,4-6,9,14H2,1-3H3,(H,23,24);1,3-5,7-8,13,25H,2,6,9-12H2,(H,26,29);6-8,10-12,14H,9,13H2,1-5H3,(H,22,23);4-8,10-11,13H,9,12H2,1-3H3,(H2,21,24)(H,22,23);4-9,11-12H,10,13H2,1-3H3,(H2,21,24)(H,22,23). The van der Waals surface area contributed by atoms with Crippen molar-refractivity contribution in [2.45, 2.75) is 273 Å². The van der Waals surface area contributed by atoms with Crippen molar-refractivity contribution < 1.29 is 56.3 Å². The van der Waals surface area contributed by atoms with Gasteiger partial charge in [0.25, 0.3) is 5.91 Å². The maximum Gasteiger partial charge on any atom is 0.433 e. The van der Waals surface area contributed by atoms with Crippen LogP contribution in [-0.4, -0.2) is 83.5 Å². The summed E-state index contributed by atoms with van der Waals surface area (Å²) in [7, 11) is 0. The summed E-state index contributed by atoms with van der Waals surface area (Å²) in [5.41, 5.74) is 37.6. The number of aromatic nitrogens is 2. The molecule has 2 aromatic heterocycles. The van der Waals surface area contributed by atoms with E-state index in [1.807, 2.05) is 54.7 Å². The number of nitrogens with zero attached hydrogens (tertiary/aromatic N) is 2. The van der Waals surface area contributed by atoms with Gasteiger partial charge in [-0.15, -0.1) is 0 Å². The first-order valence-electron chi connectivity index (χ1n) is 52.3. The van der Waals surface area contributed by atoms with Gasteiger partial charge >= 0.3 is 6.18 Å². The number of nitrogens with two attached hydrogens (primary N) is 2. The lowest BCUT2D eigenvalue weighted by molar-refractivity contribution is -0.141. The molecule has 0 saturated carbocycles. The zero-order chi connectivity index (χ0) is 109. The average Bonchev–Trinajstić information content (AvgIpc) is 0.939. The molecule has 2 aliphatic carbocycles. The fourth-order valence-corrected chi connectivity index (χ4v) is 17.6. The molecule has 11 N–H and O–H groups in total. The van der Waals surface area contributed by atoms with Crippen LogP contribution in [0.3, 0.4) is 0 Å². The van der Waals surface area contributed by atoms with Gasteiger partial charge in [-0.2, -0.15) is 13.2 Å². The molecule has 1 saturated heterocycles. The number of amides is 8. The normalized spacial score (nSPS) is 12.8. The summed E-state index contributed by atoms with van der Waals surface area (Å²) in [5, 5.41) is 18.5. The first-order valence-corrected chi connectivity index (χ1v) is 52.3. The summed E-state index contributed by atoms with van der Waals surface area (Å²) >= 11 is 0. The maximum atomic E-state index is 13.1. The van der Waals surface area contributed by atoms with Crippen LogP contribution in [0.15, 0.2) is 267 Å². The van der Waals surface area contributed by atoms with Gasteiger partial charge in [-0.25, -0.2) is 4.98 Å². The van der Waals surface area contributed by atoms with Crippen LogP contribution in [0, 0.1) is 13.8 Å². The van der Waals surface area contributed by atoms with Crippen molar-refractivity contribution >= 4 is 98.1 Å². The van der Waals surface area contributed by atoms with Crippen LogP contribution < -0.4 is 48.3 Å². The Balaban J connectivity index is 0.000000171. The van der Waals surface area contributed by atoms with Crippen LogP contribution >= 0.6 is 0 Å². The van der Waals surface area contributed by atoms with E-state index in [9.17, 15) is 51.5 Å². The van der Waals surface area contributed by atoms with Gasteiger partial charge in [0.1, 0.15) is 11.5 Å². The molecule has 13 aromatic rings. The Bertz CT molecular complexity index is 6730. The van der Waals surface area contributed by atoms with Crippen LogP contribution in [0.2, 0.25) is 0 Å². The second kappa shape index (κ2) is 53.5. The van der Waals surface area contributed by atoms with Crippen molar-refractivity contribution in [3.05, 3.63) is 378 Å². The number of ether oxygens (including phenoxy) is 1. The number of aryl methyl sites for hydroxylation is 11. The monoisotopic (exact) mass is 2030 g/mol. The molecule has 3 heterocycles. The lowest BCUT2D eigenvalue weighted by Gasteiger charge is -2.30. The molecular formula is C127H152F3N11O9. The highest BCUT2D eigenvalue weighted by Gasteiger charge is 2.35. The Hall–Kier alpha value is -14.6. The lowest BCUT2D eigenvalue weighted by Crippen LogP contribution is -2.37. The number of benzene rings is 11. The molecule has 150 heavy (non-hydrogen) atoms. The summed E-state index contributed by atoms with van der Waals surface area (Å²) in [6.45, 7) is 38.9. The van der Waals surface area contributed by atoms with Gasteiger partial charge < -0.3 is 58.0 Å². The highest BCUT2D eigenvalue weighted by Crippen LogP contribution is 2.36. The third kappa shape index (κ3) is 37.0. The van der Waals surface area contributed by atoms with E-state index in [2.05, 4.69) is 305 Å². The van der Waals surface area contributed by atoms with E-state index >= 15 is 0 Å². The van der Waals surface area contributed by atoms with E-state index < -0.39 is 23.7 Å². The molecule has 23 heteroatoms. The minimum atomic E-state index is -4.52. The Morgan fingerprint density at radius 2 is 0.747 bits per heavy atom. The van der Waals surface area contributed by atoms with Crippen LogP contribution in [0.5, 0.6) is 0 Å². The number of alkyl halides is 3. The summed E-state index contributed by atoms with van der Waals surface area (Å²) in [5.74, 6) is -0.957. The number of hydrogen-bond acceptors (Lipinski definition) is 11. The molecule has 0 unspecified atom stereocenters. The second-order valence-corrected chi connectivity index (χ2v) is 44.2. The summed E-state index contributed by atoms with van der Waals surface area (Å²) < 4.78 is 44.7. The van der Waals surface area contributed by atoms with Crippen molar-refractivity contribution in [3.8, 4) is 0 Å². The molecule has 16 rings (SSSR count). The van der Waals surface area contributed by atoms with Crippen molar-refractivity contribution in [2.24, 2.45) is 11.5 Å². The number of H-pyrrole nitrogens is 1. The number of hydrogen-bond donors (Lipinski definition) is 9. The quantitative estimate of drug-likeness (QED) is 0.0233. The molecule has 0 atom stereocenters. The number of rotatable bonds is 27. The summed E-state index contributed by atoms with van der Waals surface area (Å²) in [6, 6.07) is 84.4. The van der Waals surface area contributed by atoms with Gasteiger partial charge in [0, 0.05) is 103 Å². The van der Waals surface area contributed by atoms with Crippen LogP contribution in [-0.2, 0) is 131 Å². The fourth-order valence-electron chi connectivity index (χ4n) is 17.6. The second-order valence-electron chi connectivity index (χ2n) is 44.2. The van der Waals surface area contributed by atoms with E-state index in [0.717, 1.165) is 83.7 Å². The number of aromatic amines is 1. The van der Waals surface area contributed by atoms with Crippen LogP contribution in [0.4, 0.5) is 53.1 Å². The smallest absolute Gasteiger partial charge is 0.378 e. The van der Waals surface area contributed by atoms with Crippen molar-refractivity contribution in [1.29, 1.82) is 0 Å². The van der Waals surface area contributed by atoms with Gasteiger partial charge in [0.05, 0.1) is 24.5 Å². The first-order chi connectivity index (χ1) is 71.0. The van der Waals surface area contributed by atoms with Gasteiger partial charge in [-0.3, -0.25) is 38.4 Å². The van der Waals surface area contributed by atoms with E-state index in [-0.39, 0.29) is 81.2 Å². The lowest BCUT2D eigenvalue weighted by atomic mass is 9.86. The Morgan fingerprint density at radius 1 is 0.353 bits per heavy atom. The number of fused-ring (bicyclic) bond motifs is 3. The maximum absolute atomic E-state index is 13.1. The molecule has 0 spiro atoms. The number of carbonyl (C=O) groups excluding carboxylic acids is 8. The number of para-hydroxylation sites is 1. The van der Waals surface area contributed by atoms with E-state index in [0.29, 0.717) is 105 Å². The number of halogens is 3. The predicted molar refractivity (Wildman–Crippen MR) is 605 cm³/mol. The molecule has 0 radical (unpaired) electrons. The number of pyridine rings is 1. The van der Waals surface area contributed by atoms with Crippen molar-refractivity contribution in [3.63, 3.8) is 0 Å². The molecule has 11 aromatic carbocycles. The molecule has 1 aliphatic heterocycles.